The first-order valence-corrected chi connectivity index (χ1v) is 4.80. The van der Waals surface area contributed by atoms with Crippen molar-refractivity contribution in [1.82, 2.24) is 9.78 Å². The Hall–Kier alpha value is -0.830. The van der Waals surface area contributed by atoms with Gasteiger partial charge in [-0.05, 0) is 25.7 Å². The standard InChI is InChI=1S/C10H16N2O/c1-6-4-8-10(9(13)5-6)7(2)11-12(8)3/h6,9,13H,4-5H2,1-3H3. The van der Waals surface area contributed by atoms with Gasteiger partial charge in [0.05, 0.1) is 11.8 Å². The Morgan fingerprint density at radius 3 is 2.92 bits per heavy atom. The van der Waals surface area contributed by atoms with Gasteiger partial charge in [0.1, 0.15) is 0 Å². The summed E-state index contributed by atoms with van der Waals surface area (Å²) in [6.45, 7) is 4.15. The van der Waals surface area contributed by atoms with Gasteiger partial charge in [-0.15, -0.1) is 0 Å². The van der Waals surface area contributed by atoms with E-state index in [1.54, 1.807) is 0 Å². The average molecular weight is 180 g/mol. The molecule has 3 nitrogen and oxygen atoms in total. The molecule has 0 aromatic carbocycles. The van der Waals surface area contributed by atoms with Gasteiger partial charge in [-0.2, -0.15) is 5.10 Å². The molecule has 1 N–H and O–H groups in total. The van der Waals surface area contributed by atoms with E-state index in [4.69, 9.17) is 0 Å². The molecule has 13 heavy (non-hydrogen) atoms. The Bertz CT molecular complexity index is 330. The maximum absolute atomic E-state index is 9.87. The van der Waals surface area contributed by atoms with Crippen LogP contribution in [0.3, 0.4) is 0 Å². The molecule has 1 heterocycles. The van der Waals surface area contributed by atoms with E-state index < -0.39 is 0 Å². The number of aliphatic hydroxyl groups is 1. The van der Waals surface area contributed by atoms with Gasteiger partial charge in [-0.1, -0.05) is 6.92 Å². The van der Waals surface area contributed by atoms with Crippen molar-refractivity contribution in [2.24, 2.45) is 13.0 Å². The molecule has 0 amide bonds. The van der Waals surface area contributed by atoms with Crippen molar-refractivity contribution in [2.45, 2.75) is 32.8 Å². The lowest BCUT2D eigenvalue weighted by molar-refractivity contribution is 0.135. The molecule has 0 saturated heterocycles. The Balaban J connectivity index is 2.51. The highest BCUT2D eigenvalue weighted by Gasteiger charge is 2.27. The van der Waals surface area contributed by atoms with E-state index in [1.165, 1.54) is 5.69 Å². The van der Waals surface area contributed by atoms with Crippen LogP contribution in [0.1, 0.15) is 36.4 Å². The first-order valence-electron chi connectivity index (χ1n) is 4.80. The average Bonchev–Trinajstić information content (AvgIpc) is 2.27. The molecule has 72 valence electrons. The van der Waals surface area contributed by atoms with Crippen LogP contribution in [0.4, 0.5) is 0 Å². The molecular formula is C10H16N2O. The zero-order valence-corrected chi connectivity index (χ0v) is 8.41. The van der Waals surface area contributed by atoms with Crippen LogP contribution in [0.5, 0.6) is 0 Å². The third-order valence-electron chi connectivity index (χ3n) is 2.89. The van der Waals surface area contributed by atoms with Gasteiger partial charge in [-0.25, -0.2) is 0 Å². The van der Waals surface area contributed by atoms with Gasteiger partial charge in [0.2, 0.25) is 0 Å². The van der Waals surface area contributed by atoms with Crippen LogP contribution < -0.4 is 0 Å². The third kappa shape index (κ3) is 1.27. The van der Waals surface area contributed by atoms with Crippen molar-refractivity contribution >= 4 is 0 Å². The van der Waals surface area contributed by atoms with E-state index in [9.17, 15) is 5.11 Å². The van der Waals surface area contributed by atoms with Crippen molar-refractivity contribution in [3.8, 4) is 0 Å². The minimum Gasteiger partial charge on any atom is -0.388 e. The summed E-state index contributed by atoms with van der Waals surface area (Å²) in [5.41, 5.74) is 3.27. The lowest BCUT2D eigenvalue weighted by atomic mass is 9.86. The Kier molecular flexibility index (Phi) is 1.91. The minimum absolute atomic E-state index is 0.299. The summed E-state index contributed by atoms with van der Waals surface area (Å²) in [5, 5.41) is 14.2. The zero-order valence-electron chi connectivity index (χ0n) is 8.41. The van der Waals surface area contributed by atoms with E-state index in [2.05, 4.69) is 12.0 Å². The summed E-state index contributed by atoms with van der Waals surface area (Å²) < 4.78 is 1.91. The van der Waals surface area contributed by atoms with Crippen molar-refractivity contribution in [3.63, 3.8) is 0 Å². The lowest BCUT2D eigenvalue weighted by Crippen LogP contribution is -2.17. The first-order chi connectivity index (χ1) is 6.09. The highest BCUT2D eigenvalue weighted by Crippen LogP contribution is 2.34. The second-order valence-corrected chi connectivity index (χ2v) is 4.13. The molecule has 1 aromatic rings. The van der Waals surface area contributed by atoms with Crippen molar-refractivity contribution in [2.75, 3.05) is 0 Å². The maximum atomic E-state index is 9.87. The number of aliphatic hydroxyl groups excluding tert-OH is 1. The molecule has 0 spiro atoms. The fraction of sp³-hybridized carbons (Fsp3) is 0.700. The van der Waals surface area contributed by atoms with Crippen LogP contribution in [-0.2, 0) is 13.5 Å². The maximum Gasteiger partial charge on any atom is 0.0828 e. The second-order valence-electron chi connectivity index (χ2n) is 4.13. The quantitative estimate of drug-likeness (QED) is 0.654. The molecule has 0 aliphatic heterocycles. The number of hydrogen-bond acceptors (Lipinski definition) is 2. The molecule has 0 radical (unpaired) electrons. The van der Waals surface area contributed by atoms with Gasteiger partial charge < -0.3 is 5.11 Å². The third-order valence-corrected chi connectivity index (χ3v) is 2.89. The Labute approximate surface area is 78.4 Å². The van der Waals surface area contributed by atoms with E-state index in [0.29, 0.717) is 5.92 Å². The van der Waals surface area contributed by atoms with Crippen molar-refractivity contribution in [3.05, 3.63) is 17.0 Å². The van der Waals surface area contributed by atoms with Crippen LogP contribution in [0, 0.1) is 12.8 Å². The molecule has 2 rings (SSSR count). The van der Waals surface area contributed by atoms with E-state index in [-0.39, 0.29) is 6.10 Å². The van der Waals surface area contributed by atoms with Crippen LogP contribution in [0.2, 0.25) is 0 Å². The van der Waals surface area contributed by atoms with Crippen molar-refractivity contribution < 1.29 is 5.11 Å². The summed E-state index contributed by atoms with van der Waals surface area (Å²) in [6, 6.07) is 0. The molecule has 2 atom stereocenters. The summed E-state index contributed by atoms with van der Waals surface area (Å²) in [7, 11) is 1.95. The zero-order chi connectivity index (χ0) is 9.59. The number of fused-ring (bicyclic) bond motifs is 1. The van der Waals surface area contributed by atoms with Gasteiger partial charge in [0.15, 0.2) is 0 Å². The molecule has 0 fully saturated rings. The van der Waals surface area contributed by atoms with Crippen molar-refractivity contribution in [1.29, 1.82) is 0 Å². The summed E-state index contributed by atoms with van der Waals surface area (Å²) in [6.07, 6.45) is 1.62. The fourth-order valence-electron chi connectivity index (χ4n) is 2.31. The number of aryl methyl sites for hydroxylation is 2. The lowest BCUT2D eigenvalue weighted by Gasteiger charge is -2.24. The summed E-state index contributed by atoms with van der Waals surface area (Å²) in [4.78, 5) is 0. The van der Waals surface area contributed by atoms with Crippen LogP contribution in [0.15, 0.2) is 0 Å². The fourth-order valence-corrected chi connectivity index (χ4v) is 2.31. The topological polar surface area (TPSA) is 38.0 Å². The monoisotopic (exact) mass is 180 g/mol. The second kappa shape index (κ2) is 2.84. The number of hydrogen-bond donors (Lipinski definition) is 1. The normalized spacial score (nSPS) is 27.4. The van der Waals surface area contributed by atoms with Crippen LogP contribution in [-0.4, -0.2) is 14.9 Å². The predicted molar refractivity (Wildman–Crippen MR) is 50.4 cm³/mol. The van der Waals surface area contributed by atoms with E-state index in [0.717, 1.165) is 24.1 Å². The van der Waals surface area contributed by atoms with E-state index >= 15 is 0 Å². The molecule has 0 saturated carbocycles. The highest BCUT2D eigenvalue weighted by molar-refractivity contribution is 5.30. The largest absolute Gasteiger partial charge is 0.388 e. The van der Waals surface area contributed by atoms with Crippen LogP contribution in [0.25, 0.3) is 0 Å². The first kappa shape index (κ1) is 8.75. The summed E-state index contributed by atoms with van der Waals surface area (Å²) in [5.74, 6) is 0.567. The highest BCUT2D eigenvalue weighted by atomic mass is 16.3. The molecular weight excluding hydrogens is 164 g/mol. The van der Waals surface area contributed by atoms with Gasteiger partial charge in [0.25, 0.3) is 0 Å². The SMILES string of the molecule is Cc1nn(C)c2c1C(O)CC(C)C2. The van der Waals surface area contributed by atoms with E-state index in [1.807, 2.05) is 18.7 Å². The minimum atomic E-state index is -0.299. The van der Waals surface area contributed by atoms with Gasteiger partial charge in [-0.3, -0.25) is 4.68 Å². The van der Waals surface area contributed by atoms with Crippen LogP contribution >= 0.6 is 0 Å². The van der Waals surface area contributed by atoms with Gasteiger partial charge >= 0.3 is 0 Å². The number of rotatable bonds is 0. The molecule has 1 aromatic heterocycles. The summed E-state index contributed by atoms with van der Waals surface area (Å²) >= 11 is 0. The molecule has 2 unspecified atom stereocenters. The smallest absolute Gasteiger partial charge is 0.0828 e. The molecule has 0 bridgehead atoms. The molecule has 1 aliphatic rings. The number of nitrogens with zero attached hydrogens (tertiary/aromatic N) is 2. The predicted octanol–water partition coefficient (Wildman–Crippen LogP) is 1.34. The Morgan fingerprint density at radius 2 is 2.23 bits per heavy atom. The van der Waals surface area contributed by atoms with Gasteiger partial charge in [0, 0.05) is 18.3 Å². The Morgan fingerprint density at radius 1 is 1.54 bits per heavy atom. The molecule has 3 heteroatoms. The molecule has 1 aliphatic carbocycles. The number of aromatic nitrogens is 2.